The highest BCUT2D eigenvalue weighted by molar-refractivity contribution is 5.73. The number of urea groups is 1. The van der Waals surface area contributed by atoms with Gasteiger partial charge in [-0.3, -0.25) is 4.90 Å². The lowest BCUT2D eigenvalue weighted by Crippen LogP contribution is -2.47. The molecule has 2 aliphatic heterocycles. The van der Waals surface area contributed by atoms with E-state index in [1.165, 1.54) is 0 Å². The summed E-state index contributed by atoms with van der Waals surface area (Å²) in [5, 5.41) is 5.80. The average molecular weight is 348 g/mol. The molecule has 3 heterocycles. The smallest absolute Gasteiger partial charge is 0.314 e. The Morgan fingerprint density at radius 3 is 2.72 bits per heavy atom. The summed E-state index contributed by atoms with van der Waals surface area (Å²) in [7, 11) is 0. The second kappa shape index (κ2) is 9.53. The molecule has 0 aromatic carbocycles. The number of anilines is 1. The lowest BCUT2D eigenvalue weighted by molar-refractivity contribution is 0.111. The lowest BCUT2D eigenvalue weighted by Gasteiger charge is -2.34. The fraction of sp³-hybridized carbons (Fsp3) is 0.706. The number of ether oxygens (including phenoxy) is 1. The Labute approximate surface area is 148 Å². The predicted octanol–water partition coefficient (Wildman–Crippen LogP) is 0.467. The maximum absolute atomic E-state index is 11.7. The van der Waals surface area contributed by atoms with E-state index in [0.29, 0.717) is 13.1 Å². The van der Waals surface area contributed by atoms with Gasteiger partial charge in [0.1, 0.15) is 0 Å². The van der Waals surface area contributed by atoms with Gasteiger partial charge in [-0.2, -0.15) is 0 Å². The summed E-state index contributed by atoms with van der Waals surface area (Å²) >= 11 is 0. The number of aromatic nitrogens is 2. The molecule has 0 spiro atoms. The van der Waals surface area contributed by atoms with Gasteiger partial charge in [0.2, 0.25) is 5.95 Å². The van der Waals surface area contributed by atoms with Gasteiger partial charge in [0.15, 0.2) is 0 Å². The molecule has 0 saturated carbocycles. The molecule has 2 N–H and O–H groups in total. The summed E-state index contributed by atoms with van der Waals surface area (Å²) in [6.45, 7) is 7.01. The fourth-order valence-electron chi connectivity index (χ4n) is 3.20. The van der Waals surface area contributed by atoms with Crippen LogP contribution < -0.4 is 15.5 Å². The van der Waals surface area contributed by atoms with Crippen molar-refractivity contribution in [2.24, 2.45) is 0 Å². The van der Waals surface area contributed by atoms with Crippen molar-refractivity contribution in [3.8, 4) is 0 Å². The number of amides is 2. The summed E-state index contributed by atoms with van der Waals surface area (Å²) in [5.41, 5.74) is 0. The molecule has 0 radical (unpaired) electrons. The monoisotopic (exact) mass is 348 g/mol. The summed E-state index contributed by atoms with van der Waals surface area (Å²) in [5.74, 6) is 0.812. The van der Waals surface area contributed by atoms with Crippen LogP contribution in [0.3, 0.4) is 0 Å². The highest BCUT2D eigenvalue weighted by atomic mass is 16.5. The van der Waals surface area contributed by atoms with Crippen molar-refractivity contribution in [2.45, 2.75) is 25.4 Å². The Hall–Kier alpha value is -1.93. The van der Waals surface area contributed by atoms with Crippen LogP contribution in [0.4, 0.5) is 10.7 Å². The Kier molecular flexibility index (Phi) is 6.81. The van der Waals surface area contributed by atoms with Crippen LogP contribution in [-0.2, 0) is 4.74 Å². The van der Waals surface area contributed by atoms with Crippen LogP contribution in [0.2, 0.25) is 0 Å². The second-order valence-electron chi connectivity index (χ2n) is 6.50. The van der Waals surface area contributed by atoms with Crippen LogP contribution in [0.15, 0.2) is 18.5 Å². The van der Waals surface area contributed by atoms with E-state index >= 15 is 0 Å². The summed E-state index contributed by atoms with van der Waals surface area (Å²) in [4.78, 5) is 25.0. The molecule has 2 saturated heterocycles. The molecule has 0 bridgehead atoms. The van der Waals surface area contributed by atoms with E-state index in [1.54, 1.807) is 12.4 Å². The zero-order chi connectivity index (χ0) is 17.3. The van der Waals surface area contributed by atoms with Gasteiger partial charge in [-0.25, -0.2) is 14.8 Å². The number of carbonyl (C=O) groups is 1. The first-order valence-corrected chi connectivity index (χ1v) is 9.19. The molecule has 0 unspecified atom stereocenters. The van der Waals surface area contributed by atoms with E-state index in [-0.39, 0.29) is 12.1 Å². The van der Waals surface area contributed by atoms with E-state index in [4.69, 9.17) is 4.74 Å². The van der Waals surface area contributed by atoms with Crippen molar-refractivity contribution < 1.29 is 9.53 Å². The number of rotatable bonds is 7. The Morgan fingerprint density at radius 2 is 2.00 bits per heavy atom. The zero-order valence-electron chi connectivity index (χ0n) is 14.7. The number of hydrogen-bond acceptors (Lipinski definition) is 6. The molecule has 1 aromatic heterocycles. The van der Waals surface area contributed by atoms with Crippen LogP contribution in [0.5, 0.6) is 0 Å². The third-order valence-electron chi connectivity index (χ3n) is 4.66. The van der Waals surface area contributed by atoms with Crippen molar-refractivity contribution in [2.75, 3.05) is 57.3 Å². The molecule has 3 rings (SSSR count). The predicted molar refractivity (Wildman–Crippen MR) is 95.7 cm³/mol. The number of nitrogens with zero attached hydrogens (tertiary/aromatic N) is 4. The van der Waals surface area contributed by atoms with E-state index in [0.717, 1.165) is 64.5 Å². The van der Waals surface area contributed by atoms with Gasteiger partial charge in [0.25, 0.3) is 0 Å². The Morgan fingerprint density at radius 1 is 1.20 bits per heavy atom. The summed E-state index contributed by atoms with van der Waals surface area (Å²) in [6, 6.07) is 1.74. The molecule has 2 aliphatic rings. The van der Waals surface area contributed by atoms with Gasteiger partial charge in [-0.1, -0.05) is 0 Å². The van der Waals surface area contributed by atoms with Crippen LogP contribution >= 0.6 is 0 Å². The first-order valence-electron chi connectivity index (χ1n) is 9.19. The van der Waals surface area contributed by atoms with E-state index in [9.17, 15) is 4.79 Å². The molecule has 25 heavy (non-hydrogen) atoms. The molecule has 1 atom stereocenters. The minimum absolute atomic E-state index is 0.0958. The van der Waals surface area contributed by atoms with Gasteiger partial charge < -0.3 is 20.3 Å². The quantitative estimate of drug-likeness (QED) is 0.697. The number of piperazine rings is 1. The van der Waals surface area contributed by atoms with Crippen molar-refractivity contribution in [1.29, 1.82) is 0 Å². The lowest BCUT2D eigenvalue weighted by atomic mass is 10.2. The standard InChI is InChI=1S/C17H28N6O2/c24-17(21-14-15-4-1-13-25-15)20-7-3-8-22-9-11-23(12-10-22)16-18-5-2-6-19-16/h2,5-6,15H,1,3-4,7-14H2,(H2,20,21,24)/t15-/m0/s1. The van der Waals surface area contributed by atoms with Gasteiger partial charge in [-0.05, 0) is 31.9 Å². The van der Waals surface area contributed by atoms with Gasteiger partial charge in [-0.15, -0.1) is 0 Å². The molecule has 8 heteroatoms. The van der Waals surface area contributed by atoms with E-state index in [2.05, 4.69) is 30.4 Å². The Balaban J connectivity index is 1.23. The molecule has 2 fully saturated rings. The highest BCUT2D eigenvalue weighted by Crippen LogP contribution is 2.10. The molecule has 138 valence electrons. The molecule has 0 aliphatic carbocycles. The third kappa shape index (κ3) is 5.82. The average Bonchev–Trinajstić information content (AvgIpc) is 3.18. The van der Waals surface area contributed by atoms with Crippen LogP contribution in [0.1, 0.15) is 19.3 Å². The highest BCUT2D eigenvalue weighted by Gasteiger charge is 2.18. The number of carbonyl (C=O) groups excluding carboxylic acids is 1. The van der Waals surface area contributed by atoms with Crippen molar-refractivity contribution >= 4 is 12.0 Å². The molecule has 8 nitrogen and oxygen atoms in total. The first-order chi connectivity index (χ1) is 12.3. The first kappa shape index (κ1) is 17.9. The maximum Gasteiger partial charge on any atom is 0.314 e. The molecular formula is C17H28N6O2. The third-order valence-corrected chi connectivity index (χ3v) is 4.66. The van der Waals surface area contributed by atoms with E-state index < -0.39 is 0 Å². The van der Waals surface area contributed by atoms with Gasteiger partial charge >= 0.3 is 6.03 Å². The SMILES string of the molecule is O=C(NCCCN1CCN(c2ncccn2)CC1)NC[C@@H]1CCCO1. The molecule has 2 amide bonds. The molecule has 1 aromatic rings. The largest absolute Gasteiger partial charge is 0.376 e. The topological polar surface area (TPSA) is 82.6 Å². The Bertz CT molecular complexity index is 515. The summed E-state index contributed by atoms with van der Waals surface area (Å²) < 4.78 is 5.49. The van der Waals surface area contributed by atoms with Crippen LogP contribution in [0.25, 0.3) is 0 Å². The number of nitrogens with one attached hydrogen (secondary N) is 2. The molecular weight excluding hydrogens is 320 g/mol. The second-order valence-corrected chi connectivity index (χ2v) is 6.50. The van der Waals surface area contributed by atoms with Crippen LogP contribution in [0, 0.1) is 0 Å². The van der Waals surface area contributed by atoms with E-state index in [1.807, 2.05) is 6.07 Å². The minimum atomic E-state index is -0.0958. The normalized spacial score (nSPS) is 21.3. The summed E-state index contributed by atoms with van der Waals surface area (Å²) in [6.07, 6.45) is 6.84. The van der Waals surface area contributed by atoms with Crippen molar-refractivity contribution in [1.82, 2.24) is 25.5 Å². The zero-order valence-corrected chi connectivity index (χ0v) is 14.7. The van der Waals surface area contributed by atoms with Gasteiger partial charge in [0.05, 0.1) is 6.10 Å². The van der Waals surface area contributed by atoms with Crippen molar-refractivity contribution in [3.63, 3.8) is 0 Å². The van der Waals surface area contributed by atoms with Crippen LogP contribution in [-0.4, -0.2) is 79.4 Å². The maximum atomic E-state index is 11.7. The fourth-order valence-corrected chi connectivity index (χ4v) is 3.20. The van der Waals surface area contributed by atoms with Crippen molar-refractivity contribution in [3.05, 3.63) is 18.5 Å². The minimum Gasteiger partial charge on any atom is -0.376 e. The number of hydrogen-bond donors (Lipinski definition) is 2. The van der Waals surface area contributed by atoms with Gasteiger partial charge in [0, 0.05) is 58.3 Å².